The molecule has 1 N–H and O–H groups in total. The van der Waals surface area contributed by atoms with Gasteiger partial charge in [-0.25, -0.2) is 15.0 Å². The molecule has 0 bridgehead atoms. The van der Waals surface area contributed by atoms with Crippen LogP contribution in [0.3, 0.4) is 0 Å². The number of aromatic nitrogens is 4. The van der Waals surface area contributed by atoms with Gasteiger partial charge in [0.15, 0.2) is 5.82 Å². The Morgan fingerprint density at radius 1 is 1.32 bits per heavy atom. The number of imidazole rings is 1. The Morgan fingerprint density at radius 3 is 3.00 bits per heavy atom. The van der Waals surface area contributed by atoms with Crippen molar-refractivity contribution in [2.45, 2.75) is 39.2 Å². The van der Waals surface area contributed by atoms with Gasteiger partial charge in [-0.15, -0.1) is 0 Å². The summed E-state index contributed by atoms with van der Waals surface area (Å²) in [7, 11) is 1.92. The molecule has 0 aliphatic heterocycles. The molecule has 0 aromatic carbocycles. The molecule has 5 heteroatoms. The molecule has 1 aliphatic rings. The maximum atomic E-state index is 4.74. The molecule has 2 heterocycles. The van der Waals surface area contributed by atoms with Crippen LogP contribution in [0.1, 0.15) is 31.0 Å². The van der Waals surface area contributed by atoms with E-state index in [0.717, 1.165) is 43.1 Å². The van der Waals surface area contributed by atoms with Crippen molar-refractivity contribution in [3.63, 3.8) is 0 Å². The van der Waals surface area contributed by atoms with Gasteiger partial charge in [0.05, 0.1) is 12.5 Å². The van der Waals surface area contributed by atoms with Gasteiger partial charge in [-0.1, -0.05) is 6.92 Å². The van der Waals surface area contributed by atoms with E-state index in [1.54, 1.807) is 0 Å². The highest BCUT2D eigenvalue weighted by atomic mass is 15.1. The maximum absolute atomic E-state index is 4.74. The van der Waals surface area contributed by atoms with E-state index in [-0.39, 0.29) is 0 Å². The first kappa shape index (κ1) is 12.1. The van der Waals surface area contributed by atoms with E-state index in [2.05, 4.69) is 26.8 Å². The van der Waals surface area contributed by atoms with E-state index in [0.29, 0.717) is 0 Å². The number of rotatable bonds is 4. The molecule has 0 saturated carbocycles. The van der Waals surface area contributed by atoms with E-state index in [4.69, 9.17) is 4.98 Å². The zero-order chi connectivity index (χ0) is 13.2. The van der Waals surface area contributed by atoms with Crippen LogP contribution in [0.5, 0.6) is 0 Å². The summed E-state index contributed by atoms with van der Waals surface area (Å²) in [6.07, 6.45) is 8.10. The quantitative estimate of drug-likeness (QED) is 0.913. The average molecular weight is 257 g/mol. The molecule has 0 atom stereocenters. The predicted molar refractivity (Wildman–Crippen MR) is 75.1 cm³/mol. The first-order valence-electron chi connectivity index (χ1n) is 6.91. The molecular formula is C14H19N5. The lowest BCUT2D eigenvalue weighted by Gasteiger charge is -2.10. The van der Waals surface area contributed by atoms with Crippen LogP contribution in [-0.2, 0) is 19.4 Å². The van der Waals surface area contributed by atoms with Crippen molar-refractivity contribution in [2.75, 3.05) is 12.4 Å². The summed E-state index contributed by atoms with van der Waals surface area (Å²) in [5, 5.41) is 3.20. The molecule has 0 saturated heterocycles. The fourth-order valence-corrected chi connectivity index (χ4v) is 2.68. The highest BCUT2D eigenvalue weighted by Gasteiger charge is 2.20. The molecule has 100 valence electrons. The molecule has 19 heavy (non-hydrogen) atoms. The van der Waals surface area contributed by atoms with E-state index in [9.17, 15) is 0 Å². The number of nitrogens with zero attached hydrogens (tertiary/aromatic N) is 4. The van der Waals surface area contributed by atoms with Crippen LogP contribution in [0.25, 0.3) is 11.5 Å². The fourth-order valence-electron chi connectivity index (χ4n) is 2.68. The smallest absolute Gasteiger partial charge is 0.180 e. The third-order valence-corrected chi connectivity index (χ3v) is 3.58. The topological polar surface area (TPSA) is 55.6 Å². The Labute approximate surface area is 113 Å². The first-order chi connectivity index (χ1) is 9.33. The highest BCUT2D eigenvalue weighted by molar-refractivity contribution is 5.57. The second-order valence-electron chi connectivity index (χ2n) is 4.90. The molecule has 5 nitrogen and oxygen atoms in total. The Hall–Kier alpha value is -1.91. The van der Waals surface area contributed by atoms with Gasteiger partial charge in [0.25, 0.3) is 0 Å². The summed E-state index contributed by atoms with van der Waals surface area (Å²) >= 11 is 0. The van der Waals surface area contributed by atoms with Crippen LogP contribution in [0, 0.1) is 0 Å². The van der Waals surface area contributed by atoms with Crippen LogP contribution in [0.15, 0.2) is 12.5 Å². The van der Waals surface area contributed by atoms with Crippen molar-refractivity contribution in [2.24, 2.45) is 0 Å². The van der Waals surface area contributed by atoms with Gasteiger partial charge >= 0.3 is 0 Å². The molecule has 2 aromatic rings. The molecule has 0 unspecified atom stereocenters. The van der Waals surface area contributed by atoms with Crippen molar-refractivity contribution >= 4 is 5.82 Å². The van der Waals surface area contributed by atoms with Gasteiger partial charge in [0.1, 0.15) is 11.5 Å². The largest absolute Gasteiger partial charge is 0.373 e. The monoisotopic (exact) mass is 257 g/mol. The number of nitrogens with one attached hydrogen (secondary N) is 1. The number of hydrogen-bond donors (Lipinski definition) is 1. The third kappa shape index (κ3) is 2.09. The summed E-state index contributed by atoms with van der Waals surface area (Å²) in [5.74, 6) is 1.76. The molecule has 0 spiro atoms. The normalized spacial score (nSPS) is 13.6. The molecule has 3 rings (SSSR count). The lowest BCUT2D eigenvalue weighted by molar-refractivity contribution is 0.681. The summed E-state index contributed by atoms with van der Waals surface area (Å²) in [6.45, 7) is 3.11. The van der Waals surface area contributed by atoms with Gasteiger partial charge in [-0.2, -0.15) is 0 Å². The van der Waals surface area contributed by atoms with E-state index in [1.165, 1.54) is 17.7 Å². The predicted octanol–water partition coefficient (Wildman–Crippen LogP) is 2.28. The Morgan fingerprint density at radius 2 is 2.21 bits per heavy atom. The maximum Gasteiger partial charge on any atom is 0.180 e. The summed E-state index contributed by atoms with van der Waals surface area (Å²) in [5.41, 5.74) is 3.49. The average Bonchev–Trinajstić information content (AvgIpc) is 3.06. The summed E-state index contributed by atoms with van der Waals surface area (Å²) in [6, 6.07) is 0. The van der Waals surface area contributed by atoms with Crippen molar-refractivity contribution < 1.29 is 0 Å². The third-order valence-electron chi connectivity index (χ3n) is 3.58. The molecule has 1 aliphatic carbocycles. The van der Waals surface area contributed by atoms with Crippen LogP contribution in [0.4, 0.5) is 5.82 Å². The van der Waals surface area contributed by atoms with Crippen LogP contribution >= 0.6 is 0 Å². The second-order valence-corrected chi connectivity index (χ2v) is 4.90. The van der Waals surface area contributed by atoms with E-state index >= 15 is 0 Å². The number of anilines is 1. The zero-order valence-electron chi connectivity index (χ0n) is 11.5. The van der Waals surface area contributed by atoms with Crippen LogP contribution in [-0.4, -0.2) is 26.6 Å². The standard InChI is InChI=1S/C14H19N5/c1-3-7-19-9-16-8-12(19)14-17-11-6-4-5-10(11)13(15-2)18-14/h8-9H,3-7H2,1-2H3,(H,15,17,18). The van der Waals surface area contributed by atoms with Gasteiger partial charge in [0.2, 0.25) is 0 Å². The minimum absolute atomic E-state index is 0.788. The zero-order valence-corrected chi connectivity index (χ0v) is 11.5. The Balaban J connectivity index is 2.08. The van der Waals surface area contributed by atoms with Crippen LogP contribution < -0.4 is 5.32 Å². The SMILES string of the molecule is CCCn1cncc1-c1nc2c(c(NC)n1)CCC2. The number of hydrogen-bond acceptors (Lipinski definition) is 4. The number of fused-ring (bicyclic) bond motifs is 1. The number of aryl methyl sites for hydroxylation is 2. The van der Waals surface area contributed by atoms with Gasteiger partial charge < -0.3 is 9.88 Å². The van der Waals surface area contributed by atoms with Gasteiger partial charge in [0, 0.05) is 24.8 Å². The van der Waals surface area contributed by atoms with Crippen LogP contribution in [0.2, 0.25) is 0 Å². The second kappa shape index (κ2) is 4.99. The van der Waals surface area contributed by atoms with Gasteiger partial charge in [-0.3, -0.25) is 0 Å². The summed E-state index contributed by atoms with van der Waals surface area (Å²) in [4.78, 5) is 13.6. The Kier molecular flexibility index (Phi) is 3.19. The lowest BCUT2D eigenvalue weighted by Crippen LogP contribution is -2.06. The van der Waals surface area contributed by atoms with E-state index < -0.39 is 0 Å². The van der Waals surface area contributed by atoms with Crippen molar-refractivity contribution in [1.82, 2.24) is 19.5 Å². The minimum Gasteiger partial charge on any atom is -0.373 e. The molecule has 0 radical (unpaired) electrons. The molecule has 0 fully saturated rings. The Bertz CT molecular complexity index is 588. The minimum atomic E-state index is 0.788. The van der Waals surface area contributed by atoms with Crippen molar-refractivity contribution in [3.8, 4) is 11.5 Å². The van der Waals surface area contributed by atoms with Crippen molar-refractivity contribution in [3.05, 3.63) is 23.8 Å². The molecule has 2 aromatic heterocycles. The highest BCUT2D eigenvalue weighted by Crippen LogP contribution is 2.28. The van der Waals surface area contributed by atoms with Gasteiger partial charge in [-0.05, 0) is 25.7 Å². The fraction of sp³-hybridized carbons (Fsp3) is 0.500. The first-order valence-corrected chi connectivity index (χ1v) is 6.91. The summed E-state index contributed by atoms with van der Waals surface area (Å²) < 4.78 is 2.12. The van der Waals surface area contributed by atoms with E-state index in [1.807, 2.05) is 19.6 Å². The molecular weight excluding hydrogens is 238 g/mol. The lowest BCUT2D eigenvalue weighted by atomic mass is 10.2. The van der Waals surface area contributed by atoms with Crippen molar-refractivity contribution in [1.29, 1.82) is 0 Å². The molecule has 0 amide bonds.